The molecule has 0 radical (unpaired) electrons. The molecule has 0 unspecified atom stereocenters. The lowest BCUT2D eigenvalue weighted by atomic mass is 10.1. The summed E-state index contributed by atoms with van der Waals surface area (Å²) in [6.07, 6.45) is 0.473. The molecule has 2 amide bonds. The summed E-state index contributed by atoms with van der Waals surface area (Å²) in [5.74, 6) is 0.178. The molecule has 0 bridgehead atoms. The number of hydrogen-bond acceptors (Lipinski definition) is 2. The first-order valence-electron chi connectivity index (χ1n) is 4.40. The zero-order valence-electron chi connectivity index (χ0n) is 8.76. The molecule has 0 rings (SSSR count). The lowest BCUT2D eigenvalue weighted by Crippen LogP contribution is -2.36. The van der Waals surface area contributed by atoms with Crippen molar-refractivity contribution in [3.63, 3.8) is 0 Å². The van der Waals surface area contributed by atoms with Crippen LogP contribution in [0.2, 0.25) is 0 Å². The SMILES string of the molecule is CC(C)CC(=O)NCC(=O)N(C)C. The highest BCUT2D eigenvalue weighted by molar-refractivity contribution is 5.84. The summed E-state index contributed by atoms with van der Waals surface area (Å²) in [6.45, 7) is 4.03. The van der Waals surface area contributed by atoms with Crippen LogP contribution >= 0.6 is 0 Å². The Kier molecular flexibility index (Phi) is 5.11. The number of nitrogens with one attached hydrogen (secondary N) is 1. The van der Waals surface area contributed by atoms with Crippen molar-refractivity contribution in [1.82, 2.24) is 10.2 Å². The van der Waals surface area contributed by atoms with E-state index in [1.807, 2.05) is 13.8 Å². The first-order valence-corrected chi connectivity index (χ1v) is 4.40. The molecule has 0 aliphatic rings. The molecule has 76 valence electrons. The molecular formula is C9H18N2O2. The number of likely N-dealkylation sites (N-methyl/N-ethyl adjacent to an activating group) is 1. The summed E-state index contributed by atoms with van der Waals surface area (Å²) in [5, 5.41) is 2.56. The van der Waals surface area contributed by atoms with Crippen LogP contribution in [0, 0.1) is 5.92 Å². The Hall–Kier alpha value is -1.06. The van der Waals surface area contributed by atoms with Gasteiger partial charge in [-0.3, -0.25) is 9.59 Å². The Morgan fingerprint density at radius 3 is 2.23 bits per heavy atom. The molecule has 0 spiro atoms. The highest BCUT2D eigenvalue weighted by Crippen LogP contribution is 1.97. The van der Waals surface area contributed by atoms with Crippen LogP contribution in [-0.4, -0.2) is 37.4 Å². The second-order valence-electron chi connectivity index (χ2n) is 3.66. The minimum atomic E-state index is -0.0860. The number of hydrogen-bond donors (Lipinski definition) is 1. The van der Waals surface area contributed by atoms with E-state index in [1.165, 1.54) is 4.90 Å². The molecule has 0 aromatic heterocycles. The maximum Gasteiger partial charge on any atom is 0.241 e. The minimum absolute atomic E-state index is 0.0646. The first kappa shape index (κ1) is 11.9. The molecule has 0 fully saturated rings. The van der Waals surface area contributed by atoms with E-state index >= 15 is 0 Å². The van der Waals surface area contributed by atoms with Gasteiger partial charge in [0.15, 0.2) is 0 Å². The van der Waals surface area contributed by atoms with E-state index in [4.69, 9.17) is 0 Å². The van der Waals surface area contributed by atoms with Gasteiger partial charge in [0.2, 0.25) is 11.8 Å². The third-order valence-electron chi connectivity index (χ3n) is 1.53. The first-order chi connectivity index (χ1) is 5.93. The molecule has 0 heterocycles. The number of carbonyl (C=O) groups excluding carboxylic acids is 2. The fraction of sp³-hybridized carbons (Fsp3) is 0.778. The topological polar surface area (TPSA) is 49.4 Å². The molecule has 0 aromatic carbocycles. The van der Waals surface area contributed by atoms with Crippen LogP contribution in [0.3, 0.4) is 0 Å². The summed E-state index contributed by atoms with van der Waals surface area (Å²) in [4.78, 5) is 23.6. The van der Waals surface area contributed by atoms with Crippen molar-refractivity contribution < 1.29 is 9.59 Å². The zero-order chi connectivity index (χ0) is 10.4. The second kappa shape index (κ2) is 5.56. The lowest BCUT2D eigenvalue weighted by molar-refractivity contribution is -0.131. The predicted octanol–water partition coefficient (Wildman–Crippen LogP) is 0.237. The summed E-state index contributed by atoms with van der Waals surface area (Å²) < 4.78 is 0. The van der Waals surface area contributed by atoms with Gasteiger partial charge in [0.1, 0.15) is 0 Å². The summed E-state index contributed by atoms with van der Waals surface area (Å²) in [5.41, 5.74) is 0. The fourth-order valence-corrected chi connectivity index (χ4v) is 0.775. The van der Waals surface area contributed by atoms with Crippen molar-refractivity contribution in [3.8, 4) is 0 Å². The van der Waals surface area contributed by atoms with E-state index in [1.54, 1.807) is 14.1 Å². The van der Waals surface area contributed by atoms with Gasteiger partial charge < -0.3 is 10.2 Å². The molecule has 4 nitrogen and oxygen atoms in total. The van der Waals surface area contributed by atoms with Crippen LogP contribution < -0.4 is 5.32 Å². The van der Waals surface area contributed by atoms with E-state index < -0.39 is 0 Å². The highest BCUT2D eigenvalue weighted by atomic mass is 16.2. The number of rotatable bonds is 4. The van der Waals surface area contributed by atoms with Crippen molar-refractivity contribution in [1.29, 1.82) is 0 Å². The molecule has 0 aromatic rings. The molecule has 0 aliphatic heterocycles. The monoisotopic (exact) mass is 186 g/mol. The van der Waals surface area contributed by atoms with Crippen molar-refractivity contribution in [2.75, 3.05) is 20.6 Å². The van der Waals surface area contributed by atoms with Crippen LogP contribution in [-0.2, 0) is 9.59 Å². The van der Waals surface area contributed by atoms with Gasteiger partial charge >= 0.3 is 0 Å². The third kappa shape index (κ3) is 6.13. The van der Waals surface area contributed by atoms with Gasteiger partial charge in [-0.2, -0.15) is 0 Å². The average Bonchev–Trinajstić information content (AvgIpc) is 1.98. The largest absolute Gasteiger partial charge is 0.347 e. The fourth-order valence-electron chi connectivity index (χ4n) is 0.775. The van der Waals surface area contributed by atoms with Gasteiger partial charge in [-0.05, 0) is 5.92 Å². The van der Waals surface area contributed by atoms with Crippen LogP contribution in [0.5, 0.6) is 0 Å². The lowest BCUT2D eigenvalue weighted by Gasteiger charge is -2.11. The van der Waals surface area contributed by atoms with Gasteiger partial charge in [0.25, 0.3) is 0 Å². The van der Waals surface area contributed by atoms with Gasteiger partial charge in [0.05, 0.1) is 6.54 Å². The number of carbonyl (C=O) groups is 2. The van der Waals surface area contributed by atoms with E-state index in [0.717, 1.165) is 0 Å². The minimum Gasteiger partial charge on any atom is -0.347 e. The molecule has 1 N–H and O–H groups in total. The molecule has 0 saturated heterocycles. The highest BCUT2D eigenvalue weighted by Gasteiger charge is 2.07. The molecule has 13 heavy (non-hydrogen) atoms. The number of amides is 2. The Labute approximate surface area is 79.3 Å². The molecule has 4 heteroatoms. The predicted molar refractivity (Wildman–Crippen MR) is 51.2 cm³/mol. The Bertz CT molecular complexity index is 188. The second-order valence-corrected chi connectivity index (χ2v) is 3.66. The smallest absolute Gasteiger partial charge is 0.241 e. The standard InChI is InChI=1S/C9H18N2O2/c1-7(2)5-8(12)10-6-9(13)11(3)4/h7H,5-6H2,1-4H3,(H,10,12). The van der Waals surface area contributed by atoms with Gasteiger partial charge in [-0.25, -0.2) is 0 Å². The van der Waals surface area contributed by atoms with Gasteiger partial charge in [0, 0.05) is 20.5 Å². The van der Waals surface area contributed by atoms with Gasteiger partial charge in [-0.15, -0.1) is 0 Å². The quantitative estimate of drug-likeness (QED) is 0.683. The van der Waals surface area contributed by atoms with E-state index in [2.05, 4.69) is 5.32 Å². The maximum atomic E-state index is 11.1. The number of nitrogens with zero attached hydrogens (tertiary/aromatic N) is 1. The molecule has 0 aliphatic carbocycles. The average molecular weight is 186 g/mol. The Morgan fingerprint density at radius 2 is 1.85 bits per heavy atom. The van der Waals surface area contributed by atoms with Crippen LogP contribution in [0.4, 0.5) is 0 Å². The Morgan fingerprint density at radius 1 is 1.31 bits per heavy atom. The third-order valence-corrected chi connectivity index (χ3v) is 1.53. The molecule has 0 atom stereocenters. The Balaban J connectivity index is 3.64. The maximum absolute atomic E-state index is 11.1. The van der Waals surface area contributed by atoms with Crippen LogP contribution in [0.25, 0.3) is 0 Å². The van der Waals surface area contributed by atoms with Crippen LogP contribution in [0.1, 0.15) is 20.3 Å². The van der Waals surface area contributed by atoms with Crippen molar-refractivity contribution in [2.24, 2.45) is 5.92 Å². The zero-order valence-corrected chi connectivity index (χ0v) is 8.76. The molecule has 0 saturated carbocycles. The van der Waals surface area contributed by atoms with E-state index in [-0.39, 0.29) is 18.4 Å². The van der Waals surface area contributed by atoms with Crippen molar-refractivity contribution in [2.45, 2.75) is 20.3 Å². The van der Waals surface area contributed by atoms with Crippen molar-refractivity contribution in [3.05, 3.63) is 0 Å². The summed E-state index contributed by atoms with van der Waals surface area (Å²) in [7, 11) is 3.33. The van der Waals surface area contributed by atoms with Crippen LogP contribution in [0.15, 0.2) is 0 Å². The molecular weight excluding hydrogens is 168 g/mol. The summed E-state index contributed by atoms with van der Waals surface area (Å²) in [6, 6.07) is 0. The summed E-state index contributed by atoms with van der Waals surface area (Å²) >= 11 is 0. The van der Waals surface area contributed by atoms with Gasteiger partial charge in [-0.1, -0.05) is 13.8 Å². The van der Waals surface area contributed by atoms with E-state index in [0.29, 0.717) is 12.3 Å². The van der Waals surface area contributed by atoms with Crippen molar-refractivity contribution >= 4 is 11.8 Å². The van der Waals surface area contributed by atoms with E-state index in [9.17, 15) is 9.59 Å². The normalized spacial score (nSPS) is 9.92.